The van der Waals surface area contributed by atoms with E-state index in [1.54, 1.807) is 17.1 Å². The lowest BCUT2D eigenvalue weighted by molar-refractivity contribution is -0.0660. The zero-order chi connectivity index (χ0) is 26.8. The summed E-state index contributed by atoms with van der Waals surface area (Å²) in [5, 5.41) is 7.98. The molecule has 3 aliphatic rings. The number of nitrogens with one attached hydrogen (secondary N) is 1. The predicted octanol–water partition coefficient (Wildman–Crippen LogP) is 3.98. The van der Waals surface area contributed by atoms with Crippen molar-refractivity contribution < 1.29 is 13.9 Å². The van der Waals surface area contributed by atoms with Gasteiger partial charge in [-0.1, -0.05) is 0 Å². The maximum Gasteiger partial charge on any atom is 0.246 e. The summed E-state index contributed by atoms with van der Waals surface area (Å²) in [5.41, 5.74) is 4.81. The van der Waals surface area contributed by atoms with Crippen molar-refractivity contribution in [2.75, 3.05) is 74.3 Å². The number of ether oxygens (including phenoxy) is 2. The fraction of sp³-hybridized carbons (Fsp3) is 0.517. The van der Waals surface area contributed by atoms with E-state index in [0.717, 1.165) is 70.2 Å². The van der Waals surface area contributed by atoms with Gasteiger partial charge in [-0.25, -0.2) is 9.07 Å². The highest BCUT2D eigenvalue weighted by Gasteiger charge is 2.29. The van der Waals surface area contributed by atoms with Crippen molar-refractivity contribution in [2.24, 2.45) is 0 Å². The maximum atomic E-state index is 14.7. The molecular formula is C29H38FN7O2. The topological polar surface area (TPSA) is 70.9 Å². The summed E-state index contributed by atoms with van der Waals surface area (Å²) in [6.45, 7) is 12.2. The summed E-state index contributed by atoms with van der Waals surface area (Å²) >= 11 is 0. The highest BCUT2D eigenvalue weighted by molar-refractivity contribution is 5.64. The molecule has 1 unspecified atom stereocenters. The molecule has 4 heterocycles. The van der Waals surface area contributed by atoms with Gasteiger partial charge in [0.1, 0.15) is 12.1 Å². The molecule has 10 heteroatoms. The predicted molar refractivity (Wildman–Crippen MR) is 151 cm³/mol. The number of nitrogens with zero attached hydrogens (tertiary/aromatic N) is 6. The molecule has 0 amide bonds. The Hall–Kier alpha value is -3.21. The van der Waals surface area contributed by atoms with E-state index in [1.165, 1.54) is 17.3 Å². The van der Waals surface area contributed by atoms with Crippen LogP contribution in [0.1, 0.15) is 25.3 Å². The van der Waals surface area contributed by atoms with Crippen molar-refractivity contribution >= 4 is 23.0 Å². The van der Waals surface area contributed by atoms with Crippen molar-refractivity contribution in [1.29, 1.82) is 0 Å². The maximum absolute atomic E-state index is 14.7. The average Bonchev–Trinajstić information content (AvgIpc) is 3.56. The van der Waals surface area contributed by atoms with Crippen molar-refractivity contribution in [3.8, 4) is 5.69 Å². The first-order valence-corrected chi connectivity index (χ1v) is 14.1. The molecule has 39 heavy (non-hydrogen) atoms. The number of piperazine rings is 1. The number of aryl methyl sites for hydroxylation is 1. The normalized spacial score (nSPS) is 20.4. The van der Waals surface area contributed by atoms with Gasteiger partial charge in [-0.15, -0.1) is 5.10 Å². The van der Waals surface area contributed by atoms with Crippen LogP contribution in [0.5, 0.6) is 0 Å². The minimum atomic E-state index is -0.289. The number of anilines is 4. The summed E-state index contributed by atoms with van der Waals surface area (Å²) < 4.78 is 27.4. The Labute approximate surface area is 229 Å². The highest BCUT2D eigenvalue weighted by Crippen LogP contribution is 2.29. The van der Waals surface area contributed by atoms with E-state index in [2.05, 4.69) is 55.2 Å². The fourth-order valence-corrected chi connectivity index (χ4v) is 5.83. The van der Waals surface area contributed by atoms with Gasteiger partial charge in [-0.05, 0) is 68.7 Å². The first-order chi connectivity index (χ1) is 19.1. The monoisotopic (exact) mass is 535 g/mol. The summed E-state index contributed by atoms with van der Waals surface area (Å²) in [6, 6.07) is 12.4. The molecule has 9 nitrogen and oxygen atoms in total. The first-order valence-electron chi connectivity index (χ1n) is 14.1. The number of rotatable bonds is 9. The molecule has 3 aromatic rings. The molecule has 1 N–H and O–H groups in total. The minimum Gasteiger partial charge on any atom is -0.380 e. The minimum absolute atomic E-state index is 0.262. The summed E-state index contributed by atoms with van der Waals surface area (Å²) in [5.74, 6) is 0.186. The Balaban J connectivity index is 1.15. The number of hydrogen-bond donors (Lipinski definition) is 1. The molecule has 1 atom stereocenters. The fourth-order valence-electron chi connectivity index (χ4n) is 5.83. The number of hydrogen-bond acceptors (Lipinski definition) is 8. The van der Waals surface area contributed by atoms with Gasteiger partial charge in [0.2, 0.25) is 5.95 Å². The SMILES string of the molecule is CCOCC1CCCN1c1cc(F)cc(-n2cnc(Nc3cc(C)cc(N4CCN(C5COC5)CC4)c3)n2)c1. The standard InChI is InChI=1S/C29H38FN7O2/c1-3-38-17-24-5-4-6-36(24)26-13-22(30)14-27(16-26)37-20-31-29(33-37)32-23-11-21(2)12-25(15-23)34-7-9-35(10-8-34)28-18-39-19-28/h11-16,20,24,28H,3-10,17-19H2,1-2H3,(H,32,33). The van der Waals surface area contributed by atoms with E-state index in [-0.39, 0.29) is 11.9 Å². The van der Waals surface area contributed by atoms with Crippen LogP contribution < -0.4 is 15.1 Å². The molecule has 0 bridgehead atoms. The van der Waals surface area contributed by atoms with Crippen LogP contribution in [0.25, 0.3) is 5.69 Å². The largest absolute Gasteiger partial charge is 0.380 e. The van der Waals surface area contributed by atoms with Crippen molar-refractivity contribution in [3.05, 3.63) is 54.1 Å². The summed E-state index contributed by atoms with van der Waals surface area (Å²) in [7, 11) is 0. The van der Waals surface area contributed by atoms with E-state index in [9.17, 15) is 4.39 Å². The van der Waals surface area contributed by atoms with Gasteiger partial charge >= 0.3 is 0 Å². The molecule has 3 saturated heterocycles. The van der Waals surface area contributed by atoms with Crippen LogP contribution in [0, 0.1) is 12.7 Å². The zero-order valence-electron chi connectivity index (χ0n) is 22.9. The van der Waals surface area contributed by atoms with Crippen molar-refractivity contribution in [1.82, 2.24) is 19.7 Å². The van der Waals surface area contributed by atoms with Crippen LogP contribution in [0.3, 0.4) is 0 Å². The molecule has 208 valence electrons. The molecule has 1 aromatic heterocycles. The molecule has 2 aromatic carbocycles. The molecule has 6 rings (SSSR count). The van der Waals surface area contributed by atoms with Gasteiger partial charge in [0.25, 0.3) is 0 Å². The summed E-state index contributed by atoms with van der Waals surface area (Å²) in [4.78, 5) is 11.7. The molecular weight excluding hydrogens is 497 g/mol. The molecule has 0 saturated carbocycles. The van der Waals surface area contributed by atoms with Gasteiger partial charge in [-0.2, -0.15) is 4.98 Å². The van der Waals surface area contributed by atoms with Crippen molar-refractivity contribution in [3.63, 3.8) is 0 Å². The Morgan fingerprint density at radius 3 is 2.59 bits per heavy atom. The lowest BCUT2D eigenvalue weighted by Crippen LogP contribution is -2.56. The zero-order valence-corrected chi connectivity index (χ0v) is 22.9. The van der Waals surface area contributed by atoms with Crippen LogP contribution in [0.15, 0.2) is 42.7 Å². The van der Waals surface area contributed by atoms with Crippen LogP contribution in [-0.4, -0.2) is 90.9 Å². The number of aromatic nitrogens is 3. The van der Waals surface area contributed by atoms with E-state index in [1.807, 2.05) is 13.0 Å². The van der Waals surface area contributed by atoms with Crippen LogP contribution in [-0.2, 0) is 9.47 Å². The van der Waals surface area contributed by atoms with E-state index in [0.29, 0.717) is 30.9 Å². The van der Waals surface area contributed by atoms with E-state index < -0.39 is 0 Å². The second-order valence-electron chi connectivity index (χ2n) is 10.7. The second-order valence-corrected chi connectivity index (χ2v) is 10.7. The van der Waals surface area contributed by atoms with Crippen LogP contribution >= 0.6 is 0 Å². The van der Waals surface area contributed by atoms with Gasteiger partial charge < -0.3 is 24.6 Å². The Bertz CT molecular complexity index is 1270. The average molecular weight is 536 g/mol. The van der Waals surface area contributed by atoms with Gasteiger partial charge in [0.05, 0.1) is 37.6 Å². The third kappa shape index (κ3) is 5.88. The number of halogens is 1. The van der Waals surface area contributed by atoms with Crippen LogP contribution in [0.2, 0.25) is 0 Å². The Morgan fingerprint density at radius 1 is 1.00 bits per heavy atom. The van der Waals surface area contributed by atoms with Gasteiger partial charge in [0.15, 0.2) is 0 Å². The van der Waals surface area contributed by atoms with Crippen LogP contribution in [0.4, 0.5) is 27.4 Å². The molecule has 3 aliphatic heterocycles. The molecule has 3 fully saturated rings. The number of benzene rings is 2. The smallest absolute Gasteiger partial charge is 0.246 e. The third-order valence-electron chi connectivity index (χ3n) is 7.98. The van der Waals surface area contributed by atoms with Gasteiger partial charge in [-0.3, -0.25) is 4.90 Å². The quantitative estimate of drug-likeness (QED) is 0.441. The lowest BCUT2D eigenvalue weighted by atomic mass is 10.1. The molecule has 0 aliphatic carbocycles. The Morgan fingerprint density at radius 2 is 1.82 bits per heavy atom. The highest BCUT2D eigenvalue weighted by atomic mass is 19.1. The molecule has 0 radical (unpaired) electrons. The summed E-state index contributed by atoms with van der Waals surface area (Å²) in [6.07, 6.45) is 3.75. The van der Waals surface area contributed by atoms with Gasteiger partial charge in [0, 0.05) is 56.4 Å². The molecule has 0 spiro atoms. The van der Waals surface area contributed by atoms with E-state index in [4.69, 9.17) is 9.47 Å². The first kappa shape index (κ1) is 26.0. The van der Waals surface area contributed by atoms with Crippen molar-refractivity contribution in [2.45, 2.75) is 38.8 Å². The Kier molecular flexibility index (Phi) is 7.67. The second kappa shape index (κ2) is 11.5. The third-order valence-corrected chi connectivity index (χ3v) is 7.98. The van der Waals surface area contributed by atoms with E-state index >= 15 is 0 Å². The lowest BCUT2D eigenvalue weighted by Gasteiger charge is -2.43.